The van der Waals surface area contributed by atoms with E-state index in [1.54, 1.807) is 11.8 Å². The lowest BCUT2D eigenvalue weighted by Crippen LogP contribution is -2.34. The number of H-pyrrole nitrogens is 1. The van der Waals surface area contributed by atoms with Gasteiger partial charge >= 0.3 is 10.2 Å². The van der Waals surface area contributed by atoms with Crippen LogP contribution < -0.4 is 4.72 Å². The fourth-order valence-electron chi connectivity index (χ4n) is 3.66. The van der Waals surface area contributed by atoms with Crippen LogP contribution in [-0.2, 0) is 24.5 Å². The van der Waals surface area contributed by atoms with Gasteiger partial charge in [-0.1, -0.05) is 79.2 Å². The molecule has 0 aromatic carbocycles. The third-order valence-corrected chi connectivity index (χ3v) is 7.28. The molecule has 0 spiro atoms. The number of ether oxygens (including phenoxy) is 1. The van der Waals surface area contributed by atoms with Crippen LogP contribution in [0, 0.1) is 13.8 Å². The number of rotatable bonds is 9. The molecule has 0 unspecified atom stereocenters. The first-order chi connectivity index (χ1) is 19.4. The SMILES string of the molecule is C=C(CC)OC.C=C(CC=O)c1[nH]ccc(C)ccc(C)c1C1CCCCC1.CC.CC.CN(C)S(=O)(=O)NC=O. The molecule has 8 nitrogen and oxygen atoms in total. The van der Waals surface area contributed by atoms with E-state index in [2.05, 4.69) is 50.2 Å². The highest BCUT2D eigenvalue weighted by atomic mass is 32.2. The fourth-order valence-corrected chi connectivity index (χ4v) is 3.99. The summed E-state index contributed by atoms with van der Waals surface area (Å²) in [5.41, 5.74) is 5.77. The first-order valence-corrected chi connectivity index (χ1v) is 15.9. The van der Waals surface area contributed by atoms with E-state index in [-0.39, 0.29) is 6.41 Å². The molecule has 41 heavy (non-hydrogen) atoms. The first kappa shape index (κ1) is 42.6. The van der Waals surface area contributed by atoms with E-state index >= 15 is 0 Å². The molecule has 2 rings (SSSR count). The molecule has 1 aromatic heterocycles. The Bertz CT molecular complexity index is 1030. The van der Waals surface area contributed by atoms with Gasteiger partial charge in [0, 0.05) is 38.8 Å². The average Bonchev–Trinajstić information content (AvgIpc) is 3.05. The summed E-state index contributed by atoms with van der Waals surface area (Å²) in [4.78, 5) is 24.0. The summed E-state index contributed by atoms with van der Waals surface area (Å²) in [5.74, 6) is 1.41. The summed E-state index contributed by atoms with van der Waals surface area (Å²) in [6.07, 6.45) is 10.7. The van der Waals surface area contributed by atoms with Crippen molar-refractivity contribution in [2.75, 3.05) is 21.2 Å². The Labute approximate surface area is 251 Å². The minimum absolute atomic E-state index is 0.120. The van der Waals surface area contributed by atoms with Crippen LogP contribution in [0.25, 0.3) is 5.57 Å². The highest BCUT2D eigenvalue weighted by molar-refractivity contribution is 7.87. The van der Waals surface area contributed by atoms with Crippen molar-refractivity contribution >= 4 is 28.5 Å². The molecule has 1 aliphatic rings. The molecule has 0 aliphatic heterocycles. The zero-order chi connectivity index (χ0) is 32.4. The number of aryl methyl sites for hydroxylation is 2. The molecule has 236 valence electrons. The third kappa shape index (κ3) is 19.0. The van der Waals surface area contributed by atoms with E-state index in [9.17, 15) is 18.0 Å². The van der Waals surface area contributed by atoms with E-state index < -0.39 is 10.2 Å². The zero-order valence-electron chi connectivity index (χ0n) is 27.3. The second-order valence-electron chi connectivity index (χ2n) is 8.96. The van der Waals surface area contributed by atoms with Crippen molar-refractivity contribution in [2.45, 2.75) is 99.3 Å². The summed E-state index contributed by atoms with van der Waals surface area (Å²) in [5, 5.41) is 0. The predicted molar refractivity (Wildman–Crippen MR) is 174 cm³/mol. The molecule has 1 aromatic rings. The maximum atomic E-state index is 10.9. The lowest BCUT2D eigenvalue weighted by atomic mass is 9.81. The van der Waals surface area contributed by atoms with Gasteiger partial charge in [-0.3, -0.25) is 4.79 Å². The molecule has 1 aliphatic carbocycles. The summed E-state index contributed by atoms with van der Waals surface area (Å²) >= 11 is 0. The number of hydrogen-bond acceptors (Lipinski definition) is 5. The Kier molecular flexibility index (Phi) is 27.0. The van der Waals surface area contributed by atoms with Crippen molar-refractivity contribution in [1.82, 2.24) is 14.0 Å². The number of nitrogens with one attached hydrogen (secondary N) is 2. The third-order valence-electron chi connectivity index (χ3n) is 5.92. The van der Waals surface area contributed by atoms with Gasteiger partial charge in [0.25, 0.3) is 0 Å². The van der Waals surface area contributed by atoms with E-state index in [4.69, 9.17) is 4.74 Å². The highest BCUT2D eigenvalue weighted by Gasteiger charge is 2.20. The second-order valence-corrected chi connectivity index (χ2v) is 10.9. The summed E-state index contributed by atoms with van der Waals surface area (Å²) < 4.78 is 28.3. The average molecular weight is 596 g/mol. The Hall–Kier alpha value is -2.91. The number of amides is 1. The summed E-state index contributed by atoms with van der Waals surface area (Å²) in [6, 6.07) is 6.41. The number of aldehydes is 1. The maximum absolute atomic E-state index is 10.9. The van der Waals surface area contributed by atoms with E-state index in [1.165, 1.54) is 62.9 Å². The summed E-state index contributed by atoms with van der Waals surface area (Å²) in [7, 11) is 0.748. The van der Waals surface area contributed by atoms with Gasteiger partial charge in [-0.05, 0) is 60.9 Å². The molecule has 0 saturated heterocycles. The Morgan fingerprint density at radius 3 is 2.00 bits per heavy atom. The fraction of sp³-hybridized carbons (Fsp3) is 0.562. The van der Waals surface area contributed by atoms with Crippen molar-refractivity contribution in [3.63, 3.8) is 0 Å². The van der Waals surface area contributed by atoms with Gasteiger partial charge in [0.1, 0.15) is 6.29 Å². The minimum Gasteiger partial charge on any atom is -0.502 e. The largest absolute Gasteiger partial charge is 0.502 e. The monoisotopic (exact) mass is 595 g/mol. The van der Waals surface area contributed by atoms with E-state index in [0.717, 1.165) is 34.0 Å². The van der Waals surface area contributed by atoms with Crippen molar-refractivity contribution < 1.29 is 22.7 Å². The van der Waals surface area contributed by atoms with Gasteiger partial charge in [0.2, 0.25) is 6.41 Å². The molecule has 9 heteroatoms. The van der Waals surface area contributed by atoms with Gasteiger partial charge < -0.3 is 14.5 Å². The molecule has 1 fully saturated rings. The number of allylic oxidation sites excluding steroid dienone is 2. The molecule has 2 N–H and O–H groups in total. The second kappa shape index (κ2) is 26.0. The van der Waals surface area contributed by atoms with Gasteiger partial charge in [-0.15, -0.1) is 0 Å². The number of carbonyl (C=O) groups excluding carboxylic acids is 2. The normalized spacial score (nSPS) is 12.1. The van der Waals surface area contributed by atoms with Gasteiger partial charge in [0.05, 0.1) is 12.9 Å². The molecule has 1 heterocycles. The van der Waals surface area contributed by atoms with Crippen LogP contribution in [0.5, 0.6) is 0 Å². The van der Waals surface area contributed by atoms with Crippen LogP contribution in [0.15, 0.2) is 43.3 Å². The topological polar surface area (TPSA) is 109 Å². The first-order valence-electron chi connectivity index (χ1n) is 14.4. The minimum atomic E-state index is -3.53. The molecule has 1 amide bonds. The summed E-state index contributed by atoms with van der Waals surface area (Å²) in [6.45, 7) is 22.0. The number of aromatic amines is 1. The number of carbonyl (C=O) groups is 2. The smallest absolute Gasteiger partial charge is 0.303 e. The number of hydrogen-bond donors (Lipinski definition) is 2. The van der Waals surface area contributed by atoms with Crippen molar-refractivity contribution in [2.24, 2.45) is 0 Å². The van der Waals surface area contributed by atoms with Crippen LogP contribution in [0.1, 0.15) is 108 Å². The van der Waals surface area contributed by atoms with E-state index in [0.29, 0.717) is 12.3 Å². The zero-order valence-corrected chi connectivity index (χ0v) is 28.1. The standard InChI is InChI=1S/C20H27NO.C5H10O.C3H8N2O3S.2C2H6/c1-15-9-10-16(2)19(18-7-5-4-6-8-18)20(21-13-11-15)17(3)12-14-22;1-4-5(2)6-3;1-5(2)9(7,8)4-3-6;2*1-2/h9-11,13-14,18,21H,3-8,12H2,1-2H3;2,4H2,1,3H3;3H,1-2H3,(H,4,6);2*1-2H3. The van der Waals surface area contributed by atoms with E-state index in [1.807, 2.05) is 40.8 Å². The Balaban J connectivity index is -0.000000629. The highest BCUT2D eigenvalue weighted by Crippen LogP contribution is 2.37. The molecular formula is C32H57N3O5S. The van der Waals surface area contributed by atoms with Crippen molar-refractivity contribution in [3.05, 3.63) is 65.7 Å². The molecule has 0 atom stereocenters. The molecule has 0 radical (unpaired) electrons. The van der Waals surface area contributed by atoms with Crippen LogP contribution in [0.2, 0.25) is 0 Å². The van der Waals surface area contributed by atoms with Gasteiger partial charge in [-0.2, -0.15) is 12.7 Å². The van der Waals surface area contributed by atoms with Crippen molar-refractivity contribution in [1.29, 1.82) is 0 Å². The number of methoxy groups -OCH3 is 1. The van der Waals surface area contributed by atoms with Crippen LogP contribution in [0.4, 0.5) is 0 Å². The lowest BCUT2D eigenvalue weighted by Gasteiger charge is -2.25. The Morgan fingerprint density at radius 1 is 1.05 bits per heavy atom. The van der Waals surface area contributed by atoms with Crippen LogP contribution >= 0.6 is 0 Å². The van der Waals surface area contributed by atoms with Crippen LogP contribution in [0.3, 0.4) is 0 Å². The van der Waals surface area contributed by atoms with Crippen LogP contribution in [-0.4, -0.2) is 51.6 Å². The Morgan fingerprint density at radius 2 is 1.61 bits per heavy atom. The molecule has 1 saturated carbocycles. The quantitative estimate of drug-likeness (QED) is 0.226. The predicted octanol–water partition coefficient (Wildman–Crippen LogP) is 7.55. The van der Waals surface area contributed by atoms with Gasteiger partial charge in [-0.25, -0.2) is 4.72 Å². The maximum Gasteiger partial charge on any atom is 0.303 e. The van der Waals surface area contributed by atoms with Crippen molar-refractivity contribution in [3.8, 4) is 0 Å². The molecule has 0 bridgehead atoms. The lowest BCUT2D eigenvalue weighted by molar-refractivity contribution is -0.108. The number of aromatic nitrogens is 1. The molecular weight excluding hydrogens is 538 g/mol. The number of nitrogens with zero attached hydrogens (tertiary/aromatic N) is 1. The van der Waals surface area contributed by atoms with Gasteiger partial charge in [0.15, 0.2) is 0 Å².